The van der Waals surface area contributed by atoms with E-state index >= 15 is 0 Å². The van der Waals surface area contributed by atoms with Crippen LogP contribution in [-0.2, 0) is 4.79 Å². The molecule has 3 nitrogen and oxygen atoms in total. The Hall–Kier alpha value is -0.280. The number of rotatable bonds is 7. The lowest BCUT2D eigenvalue weighted by molar-refractivity contribution is -0.122. The monoisotopic (exact) mass is 290 g/mol. The molecule has 0 bridgehead atoms. The average molecular weight is 291 g/mol. The van der Waals surface area contributed by atoms with E-state index < -0.39 is 0 Å². The maximum absolute atomic E-state index is 11.8. The fraction of sp³-hybridized carbons (Fsp3) is 0.933. The Kier molecular flexibility index (Phi) is 10.3. The second-order valence-corrected chi connectivity index (χ2v) is 6.17. The predicted octanol–water partition coefficient (Wildman–Crippen LogP) is 2.99. The van der Waals surface area contributed by atoms with Gasteiger partial charge in [0.25, 0.3) is 0 Å². The lowest BCUT2D eigenvalue weighted by atomic mass is 9.85. The van der Waals surface area contributed by atoms with Gasteiger partial charge < -0.3 is 10.6 Å². The Morgan fingerprint density at radius 3 is 2.68 bits per heavy atom. The molecule has 0 saturated carbocycles. The zero-order valence-corrected chi connectivity index (χ0v) is 13.5. The molecule has 1 aliphatic heterocycles. The van der Waals surface area contributed by atoms with Crippen molar-refractivity contribution in [2.75, 3.05) is 19.6 Å². The quantitative estimate of drug-likeness (QED) is 0.708. The lowest BCUT2D eigenvalue weighted by Gasteiger charge is -2.28. The Morgan fingerprint density at radius 1 is 1.37 bits per heavy atom. The zero-order valence-electron chi connectivity index (χ0n) is 12.7. The van der Waals surface area contributed by atoms with Gasteiger partial charge in [-0.05, 0) is 56.5 Å². The van der Waals surface area contributed by atoms with Crippen molar-refractivity contribution in [1.29, 1.82) is 0 Å². The van der Waals surface area contributed by atoms with Gasteiger partial charge >= 0.3 is 0 Å². The summed E-state index contributed by atoms with van der Waals surface area (Å²) in [4.78, 5) is 11.8. The van der Waals surface area contributed by atoms with E-state index in [0.29, 0.717) is 18.3 Å². The highest BCUT2D eigenvalue weighted by Crippen LogP contribution is 2.22. The second kappa shape index (κ2) is 10.5. The molecule has 0 aromatic rings. The molecule has 114 valence electrons. The fourth-order valence-corrected chi connectivity index (χ4v) is 2.63. The van der Waals surface area contributed by atoms with Crippen LogP contribution in [0.2, 0.25) is 0 Å². The molecule has 19 heavy (non-hydrogen) atoms. The summed E-state index contributed by atoms with van der Waals surface area (Å²) in [6.45, 7) is 9.73. The molecule has 0 spiro atoms. The summed E-state index contributed by atoms with van der Waals surface area (Å²) < 4.78 is 0. The van der Waals surface area contributed by atoms with Crippen molar-refractivity contribution in [2.45, 2.75) is 52.9 Å². The van der Waals surface area contributed by atoms with E-state index in [0.717, 1.165) is 32.0 Å². The molecule has 1 aliphatic rings. The predicted molar refractivity (Wildman–Crippen MR) is 83.7 cm³/mol. The highest BCUT2D eigenvalue weighted by atomic mass is 35.5. The first-order valence-electron chi connectivity index (χ1n) is 7.57. The molecule has 2 N–H and O–H groups in total. The summed E-state index contributed by atoms with van der Waals surface area (Å²) in [7, 11) is 0. The van der Waals surface area contributed by atoms with Gasteiger partial charge in [-0.25, -0.2) is 0 Å². The van der Waals surface area contributed by atoms with Gasteiger partial charge in [-0.2, -0.15) is 0 Å². The first kappa shape index (κ1) is 18.7. The summed E-state index contributed by atoms with van der Waals surface area (Å²) in [6.07, 6.45) is 5.51. The topological polar surface area (TPSA) is 41.1 Å². The van der Waals surface area contributed by atoms with E-state index in [1.807, 2.05) is 0 Å². The first-order valence-corrected chi connectivity index (χ1v) is 7.57. The van der Waals surface area contributed by atoms with Gasteiger partial charge in [0.15, 0.2) is 0 Å². The number of hydrogen-bond donors (Lipinski definition) is 2. The van der Waals surface area contributed by atoms with Crippen LogP contribution < -0.4 is 10.6 Å². The summed E-state index contributed by atoms with van der Waals surface area (Å²) in [5.74, 6) is 2.15. The molecule has 1 amide bonds. The fourth-order valence-electron chi connectivity index (χ4n) is 2.63. The minimum Gasteiger partial charge on any atom is -0.356 e. The molecule has 1 rings (SSSR count). The Morgan fingerprint density at radius 2 is 2.11 bits per heavy atom. The standard InChI is InChI=1S/C15H30N2O.ClH/c1-12(2)6-4-9-17-15(18)10-13(3)14-7-5-8-16-11-14;/h12-14,16H,4-11H2,1-3H3,(H,17,18);1H. The summed E-state index contributed by atoms with van der Waals surface area (Å²) in [5.41, 5.74) is 0. The molecule has 1 saturated heterocycles. The van der Waals surface area contributed by atoms with Crippen LogP contribution in [0.1, 0.15) is 52.9 Å². The number of carbonyl (C=O) groups excluding carboxylic acids is 1. The van der Waals surface area contributed by atoms with Crippen molar-refractivity contribution in [2.24, 2.45) is 17.8 Å². The molecule has 1 fully saturated rings. The Balaban J connectivity index is 0.00000324. The van der Waals surface area contributed by atoms with E-state index in [2.05, 4.69) is 31.4 Å². The molecular weight excluding hydrogens is 260 g/mol. The summed E-state index contributed by atoms with van der Waals surface area (Å²) >= 11 is 0. The van der Waals surface area contributed by atoms with Crippen LogP contribution in [0.3, 0.4) is 0 Å². The van der Waals surface area contributed by atoms with Crippen molar-refractivity contribution < 1.29 is 4.79 Å². The first-order chi connectivity index (χ1) is 8.59. The molecule has 2 unspecified atom stereocenters. The van der Waals surface area contributed by atoms with Crippen molar-refractivity contribution in [3.63, 3.8) is 0 Å². The van der Waals surface area contributed by atoms with E-state index in [-0.39, 0.29) is 18.3 Å². The van der Waals surface area contributed by atoms with Crippen LogP contribution in [0, 0.1) is 17.8 Å². The van der Waals surface area contributed by atoms with E-state index in [1.54, 1.807) is 0 Å². The lowest BCUT2D eigenvalue weighted by Crippen LogP contribution is -2.35. The molecule has 0 aromatic heterocycles. The maximum Gasteiger partial charge on any atom is 0.220 e. The van der Waals surface area contributed by atoms with Gasteiger partial charge in [0.05, 0.1) is 0 Å². The number of carbonyl (C=O) groups is 1. The second-order valence-electron chi connectivity index (χ2n) is 6.17. The number of nitrogens with one attached hydrogen (secondary N) is 2. The van der Waals surface area contributed by atoms with Crippen LogP contribution in [0.4, 0.5) is 0 Å². The minimum atomic E-state index is 0. The van der Waals surface area contributed by atoms with Gasteiger partial charge in [0, 0.05) is 13.0 Å². The van der Waals surface area contributed by atoms with E-state index in [9.17, 15) is 4.79 Å². The van der Waals surface area contributed by atoms with Crippen LogP contribution in [0.15, 0.2) is 0 Å². The summed E-state index contributed by atoms with van der Waals surface area (Å²) in [6, 6.07) is 0. The molecular formula is C15H31ClN2O. The number of piperidine rings is 1. The third kappa shape index (κ3) is 8.48. The third-order valence-corrected chi connectivity index (χ3v) is 3.93. The van der Waals surface area contributed by atoms with Gasteiger partial charge in [-0.1, -0.05) is 20.8 Å². The minimum absolute atomic E-state index is 0. The molecule has 4 heteroatoms. The van der Waals surface area contributed by atoms with E-state index in [4.69, 9.17) is 0 Å². The van der Waals surface area contributed by atoms with Crippen molar-refractivity contribution in [3.05, 3.63) is 0 Å². The highest BCUT2D eigenvalue weighted by molar-refractivity contribution is 5.85. The molecule has 0 radical (unpaired) electrons. The van der Waals surface area contributed by atoms with Crippen molar-refractivity contribution in [1.82, 2.24) is 10.6 Å². The highest BCUT2D eigenvalue weighted by Gasteiger charge is 2.21. The largest absolute Gasteiger partial charge is 0.356 e. The third-order valence-electron chi connectivity index (χ3n) is 3.93. The average Bonchev–Trinajstić information content (AvgIpc) is 2.35. The molecule has 2 atom stereocenters. The van der Waals surface area contributed by atoms with Crippen molar-refractivity contribution >= 4 is 18.3 Å². The van der Waals surface area contributed by atoms with Gasteiger partial charge in [-0.3, -0.25) is 4.79 Å². The molecule has 0 aromatic carbocycles. The van der Waals surface area contributed by atoms with Gasteiger partial charge in [-0.15, -0.1) is 12.4 Å². The van der Waals surface area contributed by atoms with Crippen LogP contribution in [-0.4, -0.2) is 25.5 Å². The molecule has 0 aliphatic carbocycles. The number of amides is 1. The van der Waals surface area contributed by atoms with Crippen LogP contribution in [0.5, 0.6) is 0 Å². The molecule has 1 heterocycles. The maximum atomic E-state index is 11.8. The summed E-state index contributed by atoms with van der Waals surface area (Å²) in [5, 5.41) is 6.47. The normalized spacial score (nSPS) is 20.7. The van der Waals surface area contributed by atoms with Crippen molar-refractivity contribution in [3.8, 4) is 0 Å². The number of hydrogen-bond acceptors (Lipinski definition) is 2. The van der Waals surface area contributed by atoms with Crippen LogP contribution in [0.25, 0.3) is 0 Å². The van der Waals surface area contributed by atoms with E-state index in [1.165, 1.54) is 19.3 Å². The van der Waals surface area contributed by atoms with Gasteiger partial charge in [0.1, 0.15) is 0 Å². The SMILES string of the molecule is CC(C)CCCNC(=O)CC(C)C1CCCNC1.Cl. The number of halogens is 1. The Labute approximate surface area is 124 Å². The Bertz CT molecular complexity index is 240. The smallest absolute Gasteiger partial charge is 0.220 e. The zero-order chi connectivity index (χ0) is 13.4. The van der Waals surface area contributed by atoms with Crippen LogP contribution >= 0.6 is 12.4 Å². The van der Waals surface area contributed by atoms with Gasteiger partial charge in [0.2, 0.25) is 5.91 Å².